The van der Waals surface area contributed by atoms with Crippen molar-refractivity contribution in [2.75, 3.05) is 11.7 Å². The SMILES string of the molecule is N#CC1=C(n2cccc2)N(c2cccc([N+](=O)[O-])c2)C2=C(C(=O)CCC2)[C@H]1c1ccc2c(c1)OCO2. The Morgan fingerprint density at radius 3 is 2.61 bits per heavy atom. The summed E-state index contributed by atoms with van der Waals surface area (Å²) in [5.41, 5.74) is 2.86. The standard InChI is InChI=1S/C27H20N4O5/c28-15-20-25(17-9-10-23-24(13-17)36-16-35-23)26-21(7-4-8-22(26)32)30(27(20)29-11-1-2-12-29)18-5-3-6-19(14-18)31(33)34/h1-3,5-6,9-14,25H,4,7-8,16H2/t25-/m0/s1. The van der Waals surface area contributed by atoms with Crippen molar-refractivity contribution in [2.45, 2.75) is 25.2 Å². The number of hydrogen-bond donors (Lipinski definition) is 0. The fraction of sp³-hybridized carbons (Fsp3) is 0.185. The monoisotopic (exact) mass is 480 g/mol. The fourth-order valence-electron chi connectivity index (χ4n) is 5.22. The van der Waals surface area contributed by atoms with Gasteiger partial charge in [-0.25, -0.2) is 0 Å². The molecule has 0 spiro atoms. The minimum atomic E-state index is -0.611. The molecule has 0 saturated carbocycles. The van der Waals surface area contributed by atoms with Crippen LogP contribution in [0.25, 0.3) is 5.82 Å². The molecule has 2 aliphatic heterocycles. The molecule has 36 heavy (non-hydrogen) atoms. The van der Waals surface area contributed by atoms with E-state index in [9.17, 15) is 20.2 Å². The van der Waals surface area contributed by atoms with Gasteiger partial charge in [0, 0.05) is 42.2 Å². The van der Waals surface area contributed by atoms with Crippen LogP contribution in [0, 0.1) is 21.4 Å². The van der Waals surface area contributed by atoms with Crippen molar-refractivity contribution in [3.63, 3.8) is 0 Å². The van der Waals surface area contributed by atoms with Gasteiger partial charge in [0.1, 0.15) is 5.82 Å². The molecule has 0 N–H and O–H groups in total. The Labute approximate surface area is 206 Å². The summed E-state index contributed by atoms with van der Waals surface area (Å²) < 4.78 is 12.9. The van der Waals surface area contributed by atoms with Gasteiger partial charge in [0.15, 0.2) is 17.3 Å². The molecule has 3 aliphatic rings. The minimum Gasteiger partial charge on any atom is -0.454 e. The van der Waals surface area contributed by atoms with E-state index < -0.39 is 10.8 Å². The highest BCUT2D eigenvalue weighted by Crippen LogP contribution is 2.50. The Bertz CT molecular complexity index is 1510. The van der Waals surface area contributed by atoms with Gasteiger partial charge in [0.2, 0.25) is 6.79 Å². The zero-order chi connectivity index (χ0) is 24.8. The molecule has 1 aromatic heterocycles. The fourth-order valence-corrected chi connectivity index (χ4v) is 5.22. The number of nitrogens with zero attached hydrogens (tertiary/aromatic N) is 4. The van der Waals surface area contributed by atoms with Crippen LogP contribution in [-0.2, 0) is 4.79 Å². The third-order valence-electron chi connectivity index (χ3n) is 6.73. The molecule has 3 heterocycles. The van der Waals surface area contributed by atoms with Gasteiger partial charge in [-0.2, -0.15) is 5.26 Å². The Balaban J connectivity index is 1.64. The Morgan fingerprint density at radius 1 is 1.03 bits per heavy atom. The first-order valence-electron chi connectivity index (χ1n) is 11.5. The second kappa shape index (κ2) is 8.43. The summed E-state index contributed by atoms with van der Waals surface area (Å²) in [6, 6.07) is 17.8. The van der Waals surface area contributed by atoms with Crippen molar-refractivity contribution in [2.24, 2.45) is 0 Å². The van der Waals surface area contributed by atoms with Crippen LogP contribution in [0.5, 0.6) is 11.5 Å². The molecule has 9 heteroatoms. The number of allylic oxidation sites excluding steroid dienone is 3. The number of nitriles is 1. The van der Waals surface area contributed by atoms with Gasteiger partial charge in [-0.1, -0.05) is 12.1 Å². The van der Waals surface area contributed by atoms with E-state index in [1.807, 2.05) is 46.1 Å². The van der Waals surface area contributed by atoms with Crippen LogP contribution in [0.3, 0.4) is 0 Å². The second-order valence-corrected chi connectivity index (χ2v) is 8.73. The summed E-state index contributed by atoms with van der Waals surface area (Å²) in [4.78, 5) is 26.4. The number of rotatable bonds is 4. The predicted octanol–water partition coefficient (Wildman–Crippen LogP) is 5.13. The lowest BCUT2D eigenvalue weighted by atomic mass is 9.75. The molecule has 2 aromatic carbocycles. The highest BCUT2D eigenvalue weighted by atomic mass is 16.7. The Morgan fingerprint density at radius 2 is 1.83 bits per heavy atom. The van der Waals surface area contributed by atoms with Crippen molar-refractivity contribution < 1.29 is 19.2 Å². The summed E-state index contributed by atoms with van der Waals surface area (Å²) >= 11 is 0. The lowest BCUT2D eigenvalue weighted by Crippen LogP contribution is -2.36. The summed E-state index contributed by atoms with van der Waals surface area (Å²) in [6.07, 6.45) is 5.26. The lowest BCUT2D eigenvalue weighted by molar-refractivity contribution is -0.384. The molecule has 0 fully saturated rings. The predicted molar refractivity (Wildman–Crippen MR) is 130 cm³/mol. The topological polar surface area (TPSA) is 111 Å². The molecule has 178 valence electrons. The minimum absolute atomic E-state index is 0.0337. The lowest BCUT2D eigenvalue weighted by Gasteiger charge is -2.41. The van der Waals surface area contributed by atoms with E-state index in [-0.39, 0.29) is 18.3 Å². The maximum Gasteiger partial charge on any atom is 0.271 e. The van der Waals surface area contributed by atoms with Crippen LogP contribution in [-0.4, -0.2) is 22.1 Å². The van der Waals surface area contributed by atoms with Gasteiger partial charge in [-0.05, 0) is 48.7 Å². The number of aromatic nitrogens is 1. The smallest absolute Gasteiger partial charge is 0.271 e. The van der Waals surface area contributed by atoms with E-state index in [1.165, 1.54) is 12.1 Å². The van der Waals surface area contributed by atoms with Crippen LogP contribution in [0.15, 0.2) is 83.8 Å². The van der Waals surface area contributed by atoms with Crippen LogP contribution in [0.4, 0.5) is 11.4 Å². The van der Waals surface area contributed by atoms with E-state index in [1.54, 1.807) is 18.2 Å². The third kappa shape index (κ3) is 3.34. The van der Waals surface area contributed by atoms with E-state index in [0.717, 1.165) is 11.3 Å². The molecule has 0 amide bonds. The molecule has 3 aromatic rings. The van der Waals surface area contributed by atoms with E-state index in [2.05, 4.69) is 6.07 Å². The molecule has 0 bridgehead atoms. The number of fused-ring (bicyclic) bond motifs is 1. The number of hydrogen-bond acceptors (Lipinski definition) is 7. The van der Waals surface area contributed by atoms with E-state index >= 15 is 0 Å². The number of nitro groups is 1. The van der Waals surface area contributed by atoms with E-state index in [4.69, 9.17) is 9.47 Å². The van der Waals surface area contributed by atoms with Gasteiger partial charge < -0.3 is 14.0 Å². The number of ether oxygens (including phenoxy) is 2. The van der Waals surface area contributed by atoms with Crippen LogP contribution >= 0.6 is 0 Å². The number of nitro benzene ring substituents is 1. The van der Waals surface area contributed by atoms with Crippen molar-refractivity contribution in [1.29, 1.82) is 5.26 Å². The number of Topliss-reactive ketones (excluding diaryl/α,β-unsaturated/α-hetero) is 1. The number of benzene rings is 2. The highest BCUT2D eigenvalue weighted by molar-refractivity contribution is 6.03. The zero-order valence-electron chi connectivity index (χ0n) is 19.1. The van der Waals surface area contributed by atoms with Gasteiger partial charge in [0.25, 0.3) is 5.69 Å². The van der Waals surface area contributed by atoms with Crippen LogP contribution in [0.2, 0.25) is 0 Å². The van der Waals surface area contributed by atoms with Gasteiger partial charge in [-0.15, -0.1) is 0 Å². The first-order valence-corrected chi connectivity index (χ1v) is 11.5. The van der Waals surface area contributed by atoms with Crippen molar-refractivity contribution in [1.82, 2.24) is 4.57 Å². The summed E-state index contributed by atoms with van der Waals surface area (Å²) in [5, 5.41) is 22.1. The second-order valence-electron chi connectivity index (χ2n) is 8.73. The number of non-ortho nitro benzene ring substituents is 1. The van der Waals surface area contributed by atoms with Gasteiger partial charge in [-0.3, -0.25) is 19.8 Å². The maximum absolute atomic E-state index is 13.5. The first-order chi connectivity index (χ1) is 17.6. The maximum atomic E-state index is 13.5. The van der Waals surface area contributed by atoms with Crippen LogP contribution in [0.1, 0.15) is 30.7 Å². The highest BCUT2D eigenvalue weighted by Gasteiger charge is 2.42. The van der Waals surface area contributed by atoms with Crippen molar-refractivity contribution in [3.8, 4) is 17.6 Å². The largest absolute Gasteiger partial charge is 0.454 e. The molecule has 1 aliphatic carbocycles. The molecule has 6 rings (SSSR count). The molecule has 0 saturated heterocycles. The number of carbonyl (C=O) groups excluding carboxylic acids is 1. The Hall–Kier alpha value is -4.84. The first kappa shape index (κ1) is 21.7. The van der Waals surface area contributed by atoms with Crippen molar-refractivity contribution in [3.05, 3.63) is 99.5 Å². The normalized spacial score (nSPS) is 18.8. The van der Waals surface area contributed by atoms with Crippen molar-refractivity contribution >= 4 is 23.0 Å². The molecular formula is C27H20N4O5. The summed E-state index contributed by atoms with van der Waals surface area (Å²) in [6.45, 7) is 0.118. The zero-order valence-corrected chi connectivity index (χ0v) is 19.1. The molecule has 0 unspecified atom stereocenters. The summed E-state index contributed by atoms with van der Waals surface area (Å²) in [7, 11) is 0. The van der Waals surface area contributed by atoms with Gasteiger partial charge in [0.05, 0.1) is 28.2 Å². The quantitative estimate of drug-likeness (QED) is 0.376. The number of ketones is 1. The molecule has 0 radical (unpaired) electrons. The van der Waals surface area contributed by atoms with Crippen LogP contribution < -0.4 is 14.4 Å². The molecular weight excluding hydrogens is 460 g/mol. The van der Waals surface area contributed by atoms with Gasteiger partial charge >= 0.3 is 0 Å². The number of carbonyl (C=O) groups is 1. The summed E-state index contributed by atoms with van der Waals surface area (Å²) in [5.74, 6) is 1.08. The third-order valence-corrected chi connectivity index (χ3v) is 6.73. The molecule has 9 nitrogen and oxygen atoms in total. The average molecular weight is 480 g/mol. The van der Waals surface area contributed by atoms with E-state index in [0.29, 0.717) is 53.4 Å². The number of anilines is 1. The molecule has 1 atom stereocenters. The average Bonchev–Trinajstić information content (AvgIpc) is 3.59. The Kier molecular flexibility index (Phi) is 5.08.